The molecule has 0 radical (unpaired) electrons. The van der Waals surface area contributed by atoms with Crippen LogP contribution in [0.1, 0.15) is 17.0 Å². The number of aromatic nitrogens is 5. The van der Waals surface area contributed by atoms with Crippen LogP contribution < -0.4 is 4.74 Å². The molecule has 8 heteroatoms. The number of rotatable bonds is 3. The fourth-order valence-corrected chi connectivity index (χ4v) is 4.54. The first kappa shape index (κ1) is 17.6. The molecule has 0 saturated heterocycles. The third-order valence-electron chi connectivity index (χ3n) is 5.03. The second-order valence-electron chi connectivity index (χ2n) is 7.05. The molecule has 3 heterocycles. The van der Waals surface area contributed by atoms with Crippen molar-refractivity contribution in [1.29, 1.82) is 0 Å². The van der Waals surface area contributed by atoms with Gasteiger partial charge in [-0.3, -0.25) is 4.90 Å². The number of halogens is 1. The van der Waals surface area contributed by atoms with Gasteiger partial charge in [0.2, 0.25) is 0 Å². The molecule has 0 spiro atoms. The molecule has 7 nitrogen and oxygen atoms in total. The third kappa shape index (κ3) is 3.26. The first-order valence-corrected chi connectivity index (χ1v) is 10.2. The van der Waals surface area contributed by atoms with Crippen LogP contribution in [0.3, 0.4) is 0 Å². The molecule has 1 aliphatic rings. The summed E-state index contributed by atoms with van der Waals surface area (Å²) in [6, 6.07) is 13.1. The lowest BCUT2D eigenvalue weighted by Gasteiger charge is -2.18. The van der Waals surface area contributed by atoms with Gasteiger partial charge >= 0.3 is 0 Å². The van der Waals surface area contributed by atoms with Gasteiger partial charge in [-0.2, -0.15) is 5.21 Å². The molecule has 0 unspecified atom stereocenters. The van der Waals surface area contributed by atoms with Gasteiger partial charge in [0.25, 0.3) is 0 Å². The Morgan fingerprint density at radius 1 is 1.21 bits per heavy atom. The highest BCUT2D eigenvalue weighted by Crippen LogP contribution is 2.33. The average molecular weight is 486 g/mol. The Labute approximate surface area is 175 Å². The summed E-state index contributed by atoms with van der Waals surface area (Å²) < 4.78 is 9.45. The van der Waals surface area contributed by atoms with Gasteiger partial charge in [-0.1, -0.05) is 16.8 Å². The molecule has 0 fully saturated rings. The van der Waals surface area contributed by atoms with Crippen molar-refractivity contribution >= 4 is 33.5 Å². The summed E-state index contributed by atoms with van der Waals surface area (Å²) >= 11 is 2.37. The first-order chi connectivity index (χ1) is 13.7. The van der Waals surface area contributed by atoms with Crippen molar-refractivity contribution < 1.29 is 4.74 Å². The number of hydrogen-bond donors (Lipinski definition) is 1. The van der Waals surface area contributed by atoms with E-state index in [0.29, 0.717) is 19.0 Å². The van der Waals surface area contributed by atoms with Gasteiger partial charge in [-0.15, -0.1) is 10.2 Å². The van der Waals surface area contributed by atoms with Crippen LogP contribution in [-0.2, 0) is 13.1 Å². The van der Waals surface area contributed by atoms with Gasteiger partial charge in [-0.05, 0) is 59.8 Å². The molecule has 1 aliphatic heterocycles. The lowest BCUT2D eigenvalue weighted by Crippen LogP contribution is -2.25. The normalized spacial score (nSPS) is 14.6. The van der Waals surface area contributed by atoms with Crippen LogP contribution in [0.2, 0.25) is 0 Å². The van der Waals surface area contributed by atoms with Gasteiger partial charge < -0.3 is 9.30 Å². The number of aryl methyl sites for hydroxylation is 1. The Kier molecular flexibility index (Phi) is 4.52. The van der Waals surface area contributed by atoms with Crippen LogP contribution in [0.15, 0.2) is 42.6 Å². The molecule has 2 aromatic heterocycles. The Bertz CT molecular complexity index is 1140. The van der Waals surface area contributed by atoms with Crippen LogP contribution in [0.25, 0.3) is 16.6 Å². The summed E-state index contributed by atoms with van der Waals surface area (Å²) in [6.07, 6.45) is 2.14. The number of nitrogens with zero attached hydrogens (tertiary/aromatic N) is 5. The van der Waals surface area contributed by atoms with Crippen molar-refractivity contribution in [3.63, 3.8) is 0 Å². The number of tetrazole rings is 1. The van der Waals surface area contributed by atoms with E-state index in [2.05, 4.69) is 102 Å². The number of benzene rings is 2. The van der Waals surface area contributed by atoms with E-state index in [0.717, 1.165) is 28.1 Å². The lowest BCUT2D eigenvalue weighted by atomic mass is 10.1. The highest BCUT2D eigenvalue weighted by Gasteiger charge is 2.20. The number of fused-ring (bicyclic) bond motifs is 2. The minimum absolute atomic E-state index is 0.645. The molecular formula is C20H19IN6O. The molecule has 4 aromatic rings. The second-order valence-corrected chi connectivity index (χ2v) is 8.21. The van der Waals surface area contributed by atoms with E-state index in [-0.39, 0.29) is 0 Å². The summed E-state index contributed by atoms with van der Waals surface area (Å²) in [4.78, 5) is 2.29. The smallest absolute Gasteiger partial charge is 0.188 e. The zero-order chi connectivity index (χ0) is 19.1. The van der Waals surface area contributed by atoms with E-state index in [1.54, 1.807) is 0 Å². The van der Waals surface area contributed by atoms with Crippen molar-refractivity contribution in [1.82, 2.24) is 30.1 Å². The van der Waals surface area contributed by atoms with Crippen molar-refractivity contribution in [2.75, 3.05) is 13.2 Å². The standard InChI is InChI=1S/C20H19IN6O/c1-13-2-3-18-14(8-13)4-5-27(18)16-9-15-11-26(12-19-22-24-25-23-19)6-7-28-20(15)17(21)10-16/h2-5,8-10H,6-7,11-12H2,1H3,(H,22,23,24,25). The zero-order valence-corrected chi connectivity index (χ0v) is 17.5. The zero-order valence-electron chi connectivity index (χ0n) is 15.4. The van der Waals surface area contributed by atoms with Crippen molar-refractivity contribution in [3.05, 3.63) is 63.1 Å². The third-order valence-corrected chi connectivity index (χ3v) is 5.83. The van der Waals surface area contributed by atoms with Crippen LogP contribution in [0, 0.1) is 10.5 Å². The fourth-order valence-electron chi connectivity index (χ4n) is 3.72. The molecule has 2 aromatic carbocycles. The van der Waals surface area contributed by atoms with Gasteiger partial charge in [0.15, 0.2) is 5.82 Å². The summed E-state index contributed by atoms with van der Waals surface area (Å²) in [5.74, 6) is 1.67. The van der Waals surface area contributed by atoms with Crippen molar-refractivity contribution in [2.24, 2.45) is 0 Å². The molecule has 0 saturated carbocycles. The summed E-state index contributed by atoms with van der Waals surface area (Å²) in [5, 5.41) is 15.6. The molecule has 142 valence electrons. The van der Waals surface area contributed by atoms with Gasteiger partial charge in [-0.25, -0.2) is 0 Å². The summed E-state index contributed by atoms with van der Waals surface area (Å²) in [6.45, 7) is 5.02. The number of ether oxygens (including phenoxy) is 1. The minimum atomic E-state index is 0.645. The van der Waals surface area contributed by atoms with Crippen LogP contribution in [0.5, 0.6) is 5.75 Å². The van der Waals surface area contributed by atoms with Crippen LogP contribution in [0.4, 0.5) is 0 Å². The predicted octanol–water partition coefficient (Wildman–Crippen LogP) is 3.45. The Balaban J connectivity index is 1.53. The molecule has 28 heavy (non-hydrogen) atoms. The monoisotopic (exact) mass is 486 g/mol. The maximum absolute atomic E-state index is 6.08. The lowest BCUT2D eigenvalue weighted by molar-refractivity contribution is 0.215. The molecule has 5 rings (SSSR count). The highest BCUT2D eigenvalue weighted by atomic mass is 127. The topological polar surface area (TPSA) is 71.9 Å². The van der Waals surface area contributed by atoms with Crippen molar-refractivity contribution in [3.8, 4) is 11.4 Å². The Morgan fingerprint density at radius 3 is 3.00 bits per heavy atom. The number of nitrogens with one attached hydrogen (secondary N) is 1. The predicted molar refractivity (Wildman–Crippen MR) is 115 cm³/mol. The van der Waals surface area contributed by atoms with Gasteiger partial charge in [0, 0.05) is 35.9 Å². The van der Waals surface area contributed by atoms with E-state index in [1.807, 2.05) is 0 Å². The van der Waals surface area contributed by atoms with Gasteiger partial charge in [0.05, 0.1) is 15.6 Å². The van der Waals surface area contributed by atoms with E-state index >= 15 is 0 Å². The number of hydrogen-bond acceptors (Lipinski definition) is 5. The van der Waals surface area contributed by atoms with E-state index in [4.69, 9.17) is 4.74 Å². The molecule has 1 N–H and O–H groups in total. The van der Waals surface area contributed by atoms with E-state index < -0.39 is 0 Å². The van der Waals surface area contributed by atoms with E-state index in [9.17, 15) is 0 Å². The number of H-pyrrole nitrogens is 1. The highest BCUT2D eigenvalue weighted by molar-refractivity contribution is 14.1. The molecule has 0 amide bonds. The molecular weight excluding hydrogens is 467 g/mol. The van der Waals surface area contributed by atoms with Crippen LogP contribution >= 0.6 is 22.6 Å². The quantitative estimate of drug-likeness (QED) is 0.450. The van der Waals surface area contributed by atoms with Crippen molar-refractivity contribution in [2.45, 2.75) is 20.0 Å². The Hall–Kier alpha value is -2.46. The number of aromatic amines is 1. The minimum Gasteiger partial charge on any atom is -0.491 e. The van der Waals surface area contributed by atoms with E-state index in [1.165, 1.54) is 22.0 Å². The average Bonchev–Trinajstić information content (AvgIpc) is 3.27. The largest absolute Gasteiger partial charge is 0.491 e. The maximum atomic E-state index is 6.08. The second kappa shape index (κ2) is 7.17. The fraction of sp³-hybridized carbons (Fsp3) is 0.250. The van der Waals surface area contributed by atoms with Gasteiger partial charge in [0.1, 0.15) is 12.4 Å². The SMILES string of the molecule is Cc1ccc2c(ccn2-c2cc(I)c3c(c2)CN(Cc2nn[nH]n2)CCO3)c1. The molecule has 0 aliphatic carbocycles. The maximum Gasteiger partial charge on any atom is 0.188 e. The first-order valence-electron chi connectivity index (χ1n) is 9.15. The summed E-state index contributed by atoms with van der Waals surface area (Å²) in [7, 11) is 0. The summed E-state index contributed by atoms with van der Waals surface area (Å²) in [5.41, 5.74) is 4.80. The Morgan fingerprint density at radius 2 is 2.14 bits per heavy atom. The molecule has 0 atom stereocenters. The molecule has 0 bridgehead atoms. The van der Waals surface area contributed by atoms with Crippen LogP contribution in [-0.4, -0.2) is 43.2 Å².